The Balaban J connectivity index is 2.99. The molecule has 0 amide bonds. The molecule has 2 atom stereocenters. The number of alkyl halides is 1. The topological polar surface area (TPSA) is 66.8 Å². The van der Waals surface area contributed by atoms with Gasteiger partial charge < -0.3 is 14.9 Å². The first-order valence-electron chi connectivity index (χ1n) is 4.25. The first kappa shape index (κ1) is 11.5. The molecule has 2 N–H and O–H groups in total. The summed E-state index contributed by atoms with van der Waals surface area (Å²) in [4.78, 5) is 10.3. The molecule has 5 heteroatoms. The van der Waals surface area contributed by atoms with E-state index in [0.717, 1.165) is 0 Å². The fourth-order valence-corrected chi connectivity index (χ4v) is 1.20. The molecule has 0 radical (unpaired) electrons. The fraction of sp³-hybridized carbons (Fsp3) is 0.300. The zero-order valence-corrected chi connectivity index (χ0v) is 8.05. The zero-order chi connectivity index (χ0) is 11.4. The molecule has 0 aliphatic heterocycles. The number of para-hydroxylation sites is 1. The zero-order valence-electron chi connectivity index (χ0n) is 8.05. The summed E-state index contributed by atoms with van der Waals surface area (Å²) < 4.78 is 17.9. The van der Waals surface area contributed by atoms with E-state index in [4.69, 9.17) is 9.84 Å². The van der Waals surface area contributed by atoms with Crippen LogP contribution in [0.1, 0.15) is 11.7 Å². The van der Waals surface area contributed by atoms with E-state index in [9.17, 15) is 14.3 Å². The van der Waals surface area contributed by atoms with Crippen LogP contribution in [0.4, 0.5) is 4.39 Å². The predicted octanol–water partition coefficient (Wildman–Crippen LogP) is 1.15. The van der Waals surface area contributed by atoms with Gasteiger partial charge in [0.25, 0.3) is 0 Å². The minimum Gasteiger partial charge on any atom is -0.496 e. The molecule has 0 fully saturated rings. The number of aliphatic hydroxyl groups is 1. The number of benzene rings is 1. The van der Waals surface area contributed by atoms with Gasteiger partial charge in [0.1, 0.15) is 11.9 Å². The molecule has 0 saturated carbocycles. The van der Waals surface area contributed by atoms with Crippen molar-refractivity contribution in [1.82, 2.24) is 0 Å². The van der Waals surface area contributed by atoms with Gasteiger partial charge in [-0.1, -0.05) is 18.2 Å². The molecular formula is C10H11FO4. The molecular weight excluding hydrogens is 203 g/mol. The highest BCUT2D eigenvalue weighted by Gasteiger charge is 2.29. The molecule has 1 rings (SSSR count). The van der Waals surface area contributed by atoms with E-state index in [0.29, 0.717) is 0 Å². The van der Waals surface area contributed by atoms with Gasteiger partial charge in [-0.3, -0.25) is 0 Å². The van der Waals surface area contributed by atoms with Crippen LogP contribution in [0.3, 0.4) is 0 Å². The van der Waals surface area contributed by atoms with Crippen molar-refractivity contribution < 1.29 is 24.1 Å². The number of rotatable bonds is 4. The number of carboxylic acid groups (broad SMARTS) is 1. The highest BCUT2D eigenvalue weighted by Crippen LogP contribution is 2.28. The average Bonchev–Trinajstić information content (AvgIpc) is 2.26. The summed E-state index contributed by atoms with van der Waals surface area (Å²) in [5, 5.41) is 17.8. The Morgan fingerprint density at radius 3 is 2.60 bits per heavy atom. The first-order valence-corrected chi connectivity index (χ1v) is 4.25. The Hall–Kier alpha value is -1.62. The van der Waals surface area contributed by atoms with Crippen LogP contribution in [-0.2, 0) is 4.79 Å². The lowest BCUT2D eigenvalue weighted by atomic mass is 10.0. The van der Waals surface area contributed by atoms with Crippen molar-refractivity contribution in [1.29, 1.82) is 0 Å². The van der Waals surface area contributed by atoms with Gasteiger partial charge in [-0.15, -0.1) is 0 Å². The van der Waals surface area contributed by atoms with Gasteiger partial charge in [0, 0.05) is 5.56 Å². The predicted molar refractivity (Wildman–Crippen MR) is 50.5 cm³/mol. The molecule has 0 spiro atoms. The number of carboxylic acids is 1. The molecule has 2 unspecified atom stereocenters. The van der Waals surface area contributed by atoms with E-state index in [1.54, 1.807) is 12.1 Å². The number of hydrogen-bond donors (Lipinski definition) is 2. The summed E-state index contributed by atoms with van der Waals surface area (Å²) in [5.74, 6) is -1.44. The Morgan fingerprint density at radius 1 is 1.47 bits per heavy atom. The van der Waals surface area contributed by atoms with Crippen molar-refractivity contribution in [2.45, 2.75) is 12.3 Å². The molecule has 0 heterocycles. The normalized spacial score (nSPS) is 14.3. The van der Waals surface area contributed by atoms with Crippen LogP contribution in [-0.4, -0.2) is 29.5 Å². The van der Waals surface area contributed by atoms with Gasteiger partial charge in [-0.05, 0) is 6.07 Å². The summed E-state index contributed by atoms with van der Waals surface area (Å²) in [6.45, 7) is 0. The van der Waals surface area contributed by atoms with Gasteiger partial charge >= 0.3 is 5.97 Å². The standard InChI is InChI=1S/C10H11FO4/c1-15-7-5-3-2-4-6(7)9(12)8(11)10(13)14/h2-5,8-9,12H,1H3,(H,13,14). The lowest BCUT2D eigenvalue weighted by Gasteiger charge is -2.15. The number of halogens is 1. The Kier molecular flexibility index (Phi) is 3.62. The summed E-state index contributed by atoms with van der Waals surface area (Å²) in [5.41, 5.74) is 0.120. The molecule has 4 nitrogen and oxygen atoms in total. The Bertz CT molecular complexity index is 353. The van der Waals surface area contributed by atoms with Gasteiger partial charge in [-0.25, -0.2) is 9.18 Å². The van der Waals surface area contributed by atoms with E-state index < -0.39 is 18.2 Å². The number of methoxy groups -OCH3 is 1. The van der Waals surface area contributed by atoms with Crippen molar-refractivity contribution in [2.24, 2.45) is 0 Å². The maximum Gasteiger partial charge on any atom is 0.341 e. The monoisotopic (exact) mass is 214 g/mol. The Labute approximate surface area is 85.9 Å². The number of aliphatic carboxylic acids is 1. The summed E-state index contributed by atoms with van der Waals surface area (Å²) in [6.07, 6.45) is -4.08. The summed E-state index contributed by atoms with van der Waals surface area (Å²) in [6, 6.07) is 6.14. The fourth-order valence-electron chi connectivity index (χ4n) is 1.20. The van der Waals surface area contributed by atoms with Gasteiger partial charge in [-0.2, -0.15) is 0 Å². The quantitative estimate of drug-likeness (QED) is 0.789. The highest BCUT2D eigenvalue weighted by atomic mass is 19.1. The SMILES string of the molecule is COc1ccccc1C(O)C(F)C(=O)O. The molecule has 15 heavy (non-hydrogen) atoms. The lowest BCUT2D eigenvalue weighted by molar-refractivity contribution is -0.147. The van der Waals surface area contributed by atoms with Crippen molar-refractivity contribution >= 4 is 5.97 Å². The Morgan fingerprint density at radius 2 is 2.07 bits per heavy atom. The smallest absolute Gasteiger partial charge is 0.341 e. The first-order chi connectivity index (χ1) is 7.07. The van der Waals surface area contributed by atoms with Crippen molar-refractivity contribution in [2.75, 3.05) is 7.11 Å². The maximum absolute atomic E-state index is 13.0. The largest absolute Gasteiger partial charge is 0.496 e. The van der Waals surface area contributed by atoms with Crippen molar-refractivity contribution in [3.63, 3.8) is 0 Å². The number of aliphatic hydroxyl groups excluding tert-OH is 1. The molecule has 0 bridgehead atoms. The highest BCUT2D eigenvalue weighted by molar-refractivity contribution is 5.73. The van der Waals surface area contributed by atoms with Crippen LogP contribution in [0, 0.1) is 0 Å². The third-order valence-corrected chi connectivity index (χ3v) is 1.97. The average molecular weight is 214 g/mol. The van der Waals surface area contributed by atoms with E-state index >= 15 is 0 Å². The maximum atomic E-state index is 13.0. The summed E-state index contributed by atoms with van der Waals surface area (Å²) >= 11 is 0. The van der Waals surface area contributed by atoms with Crippen LogP contribution in [0.2, 0.25) is 0 Å². The minimum absolute atomic E-state index is 0.120. The molecule has 1 aromatic carbocycles. The minimum atomic E-state index is -2.36. The van der Waals surface area contributed by atoms with Crippen LogP contribution in [0.15, 0.2) is 24.3 Å². The summed E-state index contributed by atoms with van der Waals surface area (Å²) in [7, 11) is 1.36. The van der Waals surface area contributed by atoms with E-state index in [2.05, 4.69) is 0 Å². The third-order valence-electron chi connectivity index (χ3n) is 1.97. The van der Waals surface area contributed by atoms with E-state index in [-0.39, 0.29) is 11.3 Å². The molecule has 0 aromatic heterocycles. The van der Waals surface area contributed by atoms with Gasteiger partial charge in [0.05, 0.1) is 7.11 Å². The van der Waals surface area contributed by atoms with Crippen molar-refractivity contribution in [3.8, 4) is 5.75 Å². The number of carbonyl (C=O) groups is 1. The third kappa shape index (κ3) is 2.44. The molecule has 0 saturated heterocycles. The van der Waals surface area contributed by atoms with E-state index in [1.807, 2.05) is 0 Å². The van der Waals surface area contributed by atoms with Gasteiger partial charge in [0.2, 0.25) is 6.17 Å². The van der Waals surface area contributed by atoms with E-state index in [1.165, 1.54) is 19.2 Å². The van der Waals surface area contributed by atoms with Crippen LogP contribution < -0.4 is 4.74 Å². The molecule has 82 valence electrons. The second kappa shape index (κ2) is 4.75. The van der Waals surface area contributed by atoms with Crippen LogP contribution in [0.5, 0.6) is 5.75 Å². The number of ether oxygens (including phenoxy) is 1. The van der Waals surface area contributed by atoms with Gasteiger partial charge in [0.15, 0.2) is 0 Å². The van der Waals surface area contributed by atoms with Crippen molar-refractivity contribution in [3.05, 3.63) is 29.8 Å². The molecule has 1 aromatic rings. The van der Waals surface area contributed by atoms with Crippen LogP contribution in [0.25, 0.3) is 0 Å². The lowest BCUT2D eigenvalue weighted by Crippen LogP contribution is -2.23. The second-order valence-corrected chi connectivity index (χ2v) is 2.93. The molecule has 0 aliphatic carbocycles. The van der Waals surface area contributed by atoms with Crippen LogP contribution >= 0.6 is 0 Å². The second-order valence-electron chi connectivity index (χ2n) is 2.93. The molecule has 0 aliphatic rings. The number of hydrogen-bond acceptors (Lipinski definition) is 3.